The second-order valence-electron chi connectivity index (χ2n) is 8.90. The minimum Gasteiger partial charge on any atom is -0.321 e. The van der Waals surface area contributed by atoms with Crippen LogP contribution in [-0.4, -0.2) is 30.6 Å². The van der Waals surface area contributed by atoms with Crippen LogP contribution in [0.25, 0.3) is 0 Å². The molecule has 0 aliphatic heterocycles. The van der Waals surface area contributed by atoms with Gasteiger partial charge in [0.15, 0.2) is 0 Å². The van der Waals surface area contributed by atoms with Gasteiger partial charge >= 0.3 is 0 Å². The number of hydrogen-bond donors (Lipinski definition) is 1. The van der Waals surface area contributed by atoms with Crippen molar-refractivity contribution in [2.24, 2.45) is 13.0 Å². The predicted octanol–water partition coefficient (Wildman–Crippen LogP) is 3.76. The van der Waals surface area contributed by atoms with Gasteiger partial charge in [0.05, 0.1) is 5.41 Å². The third-order valence-electron chi connectivity index (χ3n) is 6.29. The topological polar surface area (TPSA) is 85.6 Å². The molecule has 0 bridgehead atoms. The Morgan fingerprint density at radius 3 is 2.67 bits per heavy atom. The second kappa shape index (κ2) is 7.00. The number of benzene rings is 1. The maximum atomic E-state index is 12.9. The summed E-state index contributed by atoms with van der Waals surface area (Å²) in [5.41, 5.74) is 3.17. The molecule has 0 atom stereocenters. The Morgan fingerprint density at radius 2 is 2.00 bits per heavy atom. The van der Waals surface area contributed by atoms with Crippen molar-refractivity contribution in [2.75, 3.05) is 5.32 Å². The first-order valence-electron chi connectivity index (χ1n) is 10.6. The van der Waals surface area contributed by atoms with E-state index in [0.717, 1.165) is 48.5 Å². The number of aryl methyl sites for hydroxylation is 2. The Kier molecular flexibility index (Phi) is 4.41. The fourth-order valence-corrected chi connectivity index (χ4v) is 4.78. The van der Waals surface area contributed by atoms with E-state index in [1.165, 1.54) is 0 Å². The minimum atomic E-state index is -0.200. The molecule has 0 saturated heterocycles. The Labute approximate surface area is 176 Å². The maximum absolute atomic E-state index is 12.9. The van der Waals surface area contributed by atoms with Gasteiger partial charge in [-0.25, -0.2) is 9.97 Å². The minimum absolute atomic E-state index is 0.157. The summed E-state index contributed by atoms with van der Waals surface area (Å²) in [5.74, 6) is 2.53. The van der Waals surface area contributed by atoms with E-state index in [1.807, 2.05) is 36.7 Å². The zero-order valence-corrected chi connectivity index (χ0v) is 17.6. The number of aromatic nitrogens is 5. The van der Waals surface area contributed by atoms with Gasteiger partial charge in [-0.3, -0.25) is 4.79 Å². The van der Waals surface area contributed by atoms with Crippen LogP contribution in [-0.2, 0) is 12.5 Å². The first kappa shape index (κ1) is 18.9. The Morgan fingerprint density at radius 1 is 1.20 bits per heavy atom. The monoisotopic (exact) mass is 402 g/mol. The van der Waals surface area contributed by atoms with E-state index in [2.05, 4.69) is 44.5 Å². The molecule has 1 N–H and O–H groups in total. The molecule has 7 nitrogen and oxygen atoms in total. The van der Waals surface area contributed by atoms with E-state index >= 15 is 0 Å². The molecular formula is C23H26N6O. The molecular weight excluding hydrogens is 376 g/mol. The Balaban J connectivity index is 1.43. The standard InChI is InChI=1S/C23H26N6O/c1-14-11-23(12-14,22-28-24-13-29(22)3)17-5-4-6-18(9-17)27-21(30)20-10-19(16-7-8-16)25-15(2)26-20/h4-6,9-10,13-14,16H,7-8,11-12H2,1-3H3,(H,27,30). The lowest BCUT2D eigenvalue weighted by atomic mass is 9.58. The largest absolute Gasteiger partial charge is 0.321 e. The molecule has 2 saturated carbocycles. The second-order valence-corrected chi connectivity index (χ2v) is 8.90. The van der Waals surface area contributed by atoms with Crippen LogP contribution in [0.15, 0.2) is 36.7 Å². The van der Waals surface area contributed by atoms with Crippen molar-refractivity contribution < 1.29 is 4.79 Å². The van der Waals surface area contributed by atoms with Crippen molar-refractivity contribution in [3.63, 3.8) is 0 Å². The quantitative estimate of drug-likeness (QED) is 0.702. The molecule has 1 aromatic carbocycles. The van der Waals surface area contributed by atoms with Gasteiger partial charge in [-0.2, -0.15) is 0 Å². The Hall–Kier alpha value is -3.09. The molecule has 3 aromatic rings. The van der Waals surface area contributed by atoms with Gasteiger partial charge < -0.3 is 9.88 Å². The van der Waals surface area contributed by atoms with E-state index in [0.29, 0.717) is 23.4 Å². The van der Waals surface area contributed by atoms with Crippen molar-refractivity contribution in [3.05, 3.63) is 65.3 Å². The average Bonchev–Trinajstić information content (AvgIpc) is 3.46. The summed E-state index contributed by atoms with van der Waals surface area (Å²) < 4.78 is 2.00. The first-order chi connectivity index (χ1) is 14.4. The lowest BCUT2D eigenvalue weighted by Crippen LogP contribution is -2.43. The molecule has 0 radical (unpaired) electrons. The molecule has 2 aliphatic rings. The van der Waals surface area contributed by atoms with Gasteiger partial charge in [0, 0.05) is 24.3 Å². The number of rotatable bonds is 5. The summed E-state index contributed by atoms with van der Waals surface area (Å²) in [6, 6.07) is 9.93. The highest BCUT2D eigenvalue weighted by Gasteiger charge is 2.48. The highest BCUT2D eigenvalue weighted by Crippen LogP contribution is 2.51. The molecule has 154 valence electrons. The predicted molar refractivity (Wildman–Crippen MR) is 113 cm³/mol. The highest BCUT2D eigenvalue weighted by atomic mass is 16.1. The fraction of sp³-hybridized carbons (Fsp3) is 0.435. The molecule has 2 fully saturated rings. The van der Waals surface area contributed by atoms with E-state index in [9.17, 15) is 4.79 Å². The third-order valence-corrected chi connectivity index (χ3v) is 6.29. The number of nitrogens with zero attached hydrogens (tertiary/aromatic N) is 5. The molecule has 2 aromatic heterocycles. The van der Waals surface area contributed by atoms with Crippen LogP contribution in [0.2, 0.25) is 0 Å². The number of carbonyl (C=O) groups is 1. The number of hydrogen-bond acceptors (Lipinski definition) is 5. The molecule has 30 heavy (non-hydrogen) atoms. The van der Waals surface area contributed by atoms with Gasteiger partial charge in [-0.05, 0) is 62.3 Å². The van der Waals surface area contributed by atoms with Gasteiger partial charge in [-0.1, -0.05) is 19.1 Å². The van der Waals surface area contributed by atoms with Gasteiger partial charge in [0.1, 0.15) is 23.7 Å². The summed E-state index contributed by atoms with van der Waals surface area (Å²) in [6.07, 6.45) is 6.07. The summed E-state index contributed by atoms with van der Waals surface area (Å²) in [4.78, 5) is 21.8. The van der Waals surface area contributed by atoms with Crippen molar-refractivity contribution in [3.8, 4) is 0 Å². The van der Waals surface area contributed by atoms with E-state index in [-0.39, 0.29) is 11.3 Å². The summed E-state index contributed by atoms with van der Waals surface area (Å²) in [6.45, 7) is 4.10. The van der Waals surface area contributed by atoms with Crippen LogP contribution in [0.5, 0.6) is 0 Å². The SMILES string of the molecule is Cc1nc(C(=O)Nc2cccc(C3(c4nncn4C)CC(C)C3)c2)cc(C2CC2)n1. The molecule has 1 amide bonds. The van der Waals surface area contributed by atoms with Crippen LogP contribution in [0.3, 0.4) is 0 Å². The van der Waals surface area contributed by atoms with Crippen molar-refractivity contribution in [1.29, 1.82) is 0 Å². The van der Waals surface area contributed by atoms with Crippen LogP contribution in [0.4, 0.5) is 5.69 Å². The fourth-order valence-electron chi connectivity index (χ4n) is 4.78. The summed E-state index contributed by atoms with van der Waals surface area (Å²) in [5, 5.41) is 11.5. The number of nitrogens with one attached hydrogen (secondary N) is 1. The maximum Gasteiger partial charge on any atom is 0.274 e. The summed E-state index contributed by atoms with van der Waals surface area (Å²) in [7, 11) is 1.99. The zero-order chi connectivity index (χ0) is 20.9. The van der Waals surface area contributed by atoms with Crippen molar-refractivity contribution in [1.82, 2.24) is 24.7 Å². The van der Waals surface area contributed by atoms with Crippen LogP contribution in [0, 0.1) is 12.8 Å². The summed E-state index contributed by atoms with van der Waals surface area (Å²) >= 11 is 0. The van der Waals surface area contributed by atoms with Crippen LogP contribution >= 0.6 is 0 Å². The van der Waals surface area contributed by atoms with Gasteiger partial charge in [0.25, 0.3) is 5.91 Å². The van der Waals surface area contributed by atoms with Crippen molar-refractivity contribution >= 4 is 11.6 Å². The van der Waals surface area contributed by atoms with E-state index in [1.54, 1.807) is 6.33 Å². The lowest BCUT2D eigenvalue weighted by Gasteiger charge is -2.46. The molecule has 2 aliphatic carbocycles. The molecule has 7 heteroatoms. The van der Waals surface area contributed by atoms with E-state index in [4.69, 9.17) is 0 Å². The average molecular weight is 403 g/mol. The molecule has 2 heterocycles. The normalized spacial score (nSPS) is 23.1. The molecule has 0 spiro atoms. The van der Waals surface area contributed by atoms with Crippen LogP contribution in [0.1, 0.15) is 71.9 Å². The molecule has 5 rings (SSSR count). The van der Waals surface area contributed by atoms with Crippen molar-refractivity contribution in [2.45, 2.75) is 50.9 Å². The highest BCUT2D eigenvalue weighted by molar-refractivity contribution is 6.03. The van der Waals surface area contributed by atoms with E-state index < -0.39 is 0 Å². The van der Waals surface area contributed by atoms with Gasteiger partial charge in [-0.15, -0.1) is 10.2 Å². The van der Waals surface area contributed by atoms with Crippen LogP contribution < -0.4 is 5.32 Å². The molecule has 0 unspecified atom stereocenters. The Bertz CT molecular complexity index is 1110. The smallest absolute Gasteiger partial charge is 0.274 e. The number of amides is 1. The lowest BCUT2D eigenvalue weighted by molar-refractivity contribution is 0.102. The first-order valence-corrected chi connectivity index (χ1v) is 10.6. The zero-order valence-electron chi connectivity index (χ0n) is 17.6. The third kappa shape index (κ3) is 3.28. The van der Waals surface area contributed by atoms with Gasteiger partial charge in [0.2, 0.25) is 0 Å². The number of carbonyl (C=O) groups excluding carboxylic acids is 1. The number of anilines is 1.